The summed E-state index contributed by atoms with van der Waals surface area (Å²) in [6.45, 7) is 0. The van der Waals surface area contributed by atoms with Crippen molar-refractivity contribution in [1.29, 1.82) is 0 Å². The maximum atomic E-state index is 12.9. The Balaban J connectivity index is 2.31. The Hall–Kier alpha value is -3.11. The first-order valence-corrected chi connectivity index (χ1v) is 6.28. The quantitative estimate of drug-likeness (QED) is 0.280. The van der Waals surface area contributed by atoms with Crippen LogP contribution in [0.15, 0.2) is 48.5 Å². The van der Waals surface area contributed by atoms with E-state index in [0.29, 0.717) is 5.75 Å². The smallest absolute Gasteiger partial charge is 0.409 e. The number of hydrogen-bond donors (Lipinski definition) is 0. The molecule has 0 heterocycles. The van der Waals surface area contributed by atoms with Gasteiger partial charge in [0.05, 0.1) is 7.11 Å². The third-order valence-electron chi connectivity index (χ3n) is 2.99. The Kier molecular flexibility index (Phi) is 4.56. The summed E-state index contributed by atoms with van der Waals surface area (Å²) in [6, 6.07) is 10.6. The molecule has 0 atom stereocenters. The van der Waals surface area contributed by atoms with Gasteiger partial charge in [0.25, 0.3) is 11.6 Å². The minimum absolute atomic E-state index is 0.0519. The van der Waals surface area contributed by atoms with Gasteiger partial charge in [0.15, 0.2) is 0 Å². The molecule has 0 aliphatic carbocycles. The van der Waals surface area contributed by atoms with Gasteiger partial charge in [-0.2, -0.15) is 4.79 Å². The number of rotatable bonds is 5. The molecule has 0 spiro atoms. The van der Waals surface area contributed by atoms with Crippen LogP contribution in [0, 0.1) is 5.82 Å². The van der Waals surface area contributed by atoms with E-state index < -0.39 is 23.1 Å². The van der Waals surface area contributed by atoms with Crippen molar-refractivity contribution in [3.05, 3.63) is 71.0 Å². The van der Waals surface area contributed by atoms with Crippen LogP contribution in [0.5, 0.6) is 5.75 Å². The molecule has 0 radical (unpaired) electrons. The van der Waals surface area contributed by atoms with Crippen LogP contribution in [0.2, 0.25) is 0 Å². The largest absolute Gasteiger partial charge is 0.497 e. The third-order valence-corrected chi connectivity index (χ3v) is 2.99. The van der Waals surface area contributed by atoms with Crippen molar-refractivity contribution >= 4 is 17.3 Å². The summed E-state index contributed by atoms with van der Waals surface area (Å²) in [5, 5.41) is 0. The number of carbonyl (C=O) groups is 2. The fraction of sp³-hybridized carbons (Fsp3) is 0.0625. The molecule has 0 aliphatic rings. The highest BCUT2D eigenvalue weighted by atomic mass is 19.1. The molecule has 2 rings (SSSR count). The molecule has 0 N–H and O–H groups in total. The van der Waals surface area contributed by atoms with Gasteiger partial charge >= 0.3 is 5.71 Å². The van der Waals surface area contributed by atoms with Gasteiger partial charge in [0, 0.05) is 11.1 Å². The number of halogens is 1. The lowest BCUT2D eigenvalue weighted by molar-refractivity contribution is -0.00699. The Morgan fingerprint density at radius 1 is 0.955 bits per heavy atom. The highest BCUT2D eigenvalue weighted by Crippen LogP contribution is 2.13. The maximum Gasteiger partial charge on any atom is 0.409 e. The van der Waals surface area contributed by atoms with Crippen molar-refractivity contribution in [3.8, 4) is 5.75 Å². The van der Waals surface area contributed by atoms with Crippen LogP contribution in [-0.4, -0.2) is 29.2 Å². The van der Waals surface area contributed by atoms with Gasteiger partial charge in [-0.3, -0.25) is 9.59 Å². The Morgan fingerprint density at radius 2 is 1.41 bits per heavy atom. The van der Waals surface area contributed by atoms with Gasteiger partial charge in [-0.15, -0.1) is 0 Å². The summed E-state index contributed by atoms with van der Waals surface area (Å²) in [6.07, 6.45) is 0. The summed E-state index contributed by atoms with van der Waals surface area (Å²) in [5.41, 5.74) is 8.57. The van der Waals surface area contributed by atoms with Crippen LogP contribution >= 0.6 is 0 Å². The molecule has 6 heteroatoms. The highest BCUT2D eigenvalue weighted by Gasteiger charge is 2.31. The molecule has 0 saturated carbocycles. The molecule has 0 aromatic heterocycles. The maximum absolute atomic E-state index is 12.9. The van der Waals surface area contributed by atoms with Crippen LogP contribution in [0.1, 0.15) is 20.7 Å². The van der Waals surface area contributed by atoms with Crippen molar-refractivity contribution in [3.63, 3.8) is 0 Å². The van der Waals surface area contributed by atoms with Gasteiger partial charge in [0.1, 0.15) is 11.6 Å². The van der Waals surface area contributed by atoms with Crippen LogP contribution in [-0.2, 0) is 0 Å². The molecule has 0 saturated heterocycles. The van der Waals surface area contributed by atoms with Crippen molar-refractivity contribution in [2.24, 2.45) is 0 Å². The molecule has 0 bridgehead atoms. The van der Waals surface area contributed by atoms with E-state index in [0.717, 1.165) is 12.1 Å². The summed E-state index contributed by atoms with van der Waals surface area (Å²) < 4.78 is 17.8. The monoisotopic (exact) mass is 298 g/mol. The summed E-state index contributed by atoms with van der Waals surface area (Å²) >= 11 is 0. The molecule has 22 heavy (non-hydrogen) atoms. The van der Waals surface area contributed by atoms with Crippen LogP contribution in [0.4, 0.5) is 4.39 Å². The van der Waals surface area contributed by atoms with Crippen LogP contribution in [0.25, 0.3) is 5.53 Å². The number of hydrogen-bond acceptors (Lipinski definition) is 3. The van der Waals surface area contributed by atoms with E-state index in [9.17, 15) is 14.0 Å². The molecule has 2 aromatic rings. The van der Waals surface area contributed by atoms with Crippen molar-refractivity contribution in [2.45, 2.75) is 0 Å². The van der Waals surface area contributed by atoms with Crippen molar-refractivity contribution in [1.82, 2.24) is 0 Å². The van der Waals surface area contributed by atoms with Crippen LogP contribution in [0.3, 0.4) is 0 Å². The number of nitrogens with zero attached hydrogens (tertiary/aromatic N) is 2. The predicted molar refractivity (Wildman–Crippen MR) is 76.7 cm³/mol. The number of Topliss-reactive ketones (excluding diaryl/α,β-unsaturated/α-hetero) is 2. The van der Waals surface area contributed by atoms with Crippen molar-refractivity contribution in [2.75, 3.05) is 7.11 Å². The first-order chi connectivity index (χ1) is 10.6. The van der Waals surface area contributed by atoms with E-state index in [1.807, 2.05) is 0 Å². The lowest BCUT2D eigenvalue weighted by Gasteiger charge is -2.01. The molecule has 110 valence electrons. The summed E-state index contributed by atoms with van der Waals surface area (Å²) in [5.74, 6) is -1.49. The second-order valence-electron chi connectivity index (χ2n) is 4.34. The number of ether oxygens (including phenoxy) is 1. The molecule has 0 aliphatic heterocycles. The minimum atomic E-state index is -0.789. The van der Waals surface area contributed by atoms with E-state index >= 15 is 0 Å². The lowest BCUT2D eigenvalue weighted by Crippen LogP contribution is -2.25. The Morgan fingerprint density at radius 3 is 1.82 bits per heavy atom. The predicted octanol–water partition coefficient (Wildman–Crippen LogP) is 2.57. The van der Waals surface area contributed by atoms with Gasteiger partial charge in [0.2, 0.25) is 0 Å². The van der Waals surface area contributed by atoms with E-state index in [1.54, 1.807) is 12.1 Å². The van der Waals surface area contributed by atoms with Gasteiger partial charge in [-0.25, -0.2) is 4.39 Å². The first-order valence-electron chi connectivity index (χ1n) is 6.28. The number of benzene rings is 2. The number of methoxy groups -OCH3 is 1. The standard InChI is InChI=1S/C16H11FN2O3/c1-22-13-8-4-11(5-9-13)16(21)14(19-18)15(20)10-2-6-12(17)7-3-10/h2-9H,1H3. The van der Waals surface area contributed by atoms with E-state index in [-0.39, 0.29) is 11.1 Å². The molecular weight excluding hydrogens is 287 g/mol. The van der Waals surface area contributed by atoms with E-state index in [2.05, 4.69) is 4.79 Å². The average molecular weight is 298 g/mol. The second kappa shape index (κ2) is 6.56. The van der Waals surface area contributed by atoms with Gasteiger partial charge < -0.3 is 10.3 Å². The number of carbonyl (C=O) groups excluding carboxylic acids is 2. The topological polar surface area (TPSA) is 79.8 Å². The first kappa shape index (κ1) is 15.3. The normalized spacial score (nSPS) is 9.73. The Labute approximate surface area is 125 Å². The lowest BCUT2D eigenvalue weighted by atomic mass is 9.99. The molecule has 0 unspecified atom stereocenters. The zero-order valence-electron chi connectivity index (χ0n) is 11.6. The van der Waals surface area contributed by atoms with Crippen LogP contribution < -0.4 is 4.74 Å². The summed E-state index contributed by atoms with van der Waals surface area (Å²) in [7, 11) is 1.48. The van der Waals surface area contributed by atoms with Gasteiger partial charge in [-0.05, 0) is 48.5 Å². The van der Waals surface area contributed by atoms with Gasteiger partial charge in [-0.1, -0.05) is 0 Å². The average Bonchev–Trinajstić information content (AvgIpc) is 2.56. The number of ketones is 2. The molecular formula is C16H11FN2O3. The highest BCUT2D eigenvalue weighted by molar-refractivity contribution is 6.70. The third kappa shape index (κ3) is 3.13. The molecule has 2 aromatic carbocycles. The minimum Gasteiger partial charge on any atom is -0.497 e. The van der Waals surface area contributed by atoms with E-state index in [1.165, 1.54) is 31.4 Å². The zero-order chi connectivity index (χ0) is 16.1. The second-order valence-corrected chi connectivity index (χ2v) is 4.34. The SMILES string of the molecule is COc1ccc(C(=O)C(=[N+]=[N-])C(=O)c2ccc(F)cc2)cc1. The molecule has 0 amide bonds. The van der Waals surface area contributed by atoms with Crippen molar-refractivity contribution < 1.29 is 23.5 Å². The Bertz CT molecular complexity index is 761. The molecule has 5 nitrogen and oxygen atoms in total. The fourth-order valence-corrected chi connectivity index (χ4v) is 1.81. The van der Waals surface area contributed by atoms with E-state index in [4.69, 9.17) is 10.3 Å². The zero-order valence-corrected chi connectivity index (χ0v) is 11.6. The fourth-order valence-electron chi connectivity index (χ4n) is 1.81. The summed E-state index contributed by atoms with van der Waals surface area (Å²) in [4.78, 5) is 27.2. The molecule has 0 fully saturated rings.